The summed E-state index contributed by atoms with van der Waals surface area (Å²) in [5.41, 5.74) is 28.1. The van der Waals surface area contributed by atoms with Crippen molar-refractivity contribution in [2.75, 3.05) is 19.6 Å². The number of hydrogen-bond acceptors (Lipinski definition) is 4. The Labute approximate surface area is 499 Å². The Morgan fingerprint density at radius 3 is 0.881 bits per heavy atom. The van der Waals surface area contributed by atoms with Gasteiger partial charge in [-0.1, -0.05) is 230 Å². The van der Waals surface area contributed by atoms with E-state index in [1.807, 2.05) is 0 Å². The molecule has 0 aromatic heterocycles. The second-order valence-corrected chi connectivity index (χ2v) is 28.1. The van der Waals surface area contributed by atoms with Crippen molar-refractivity contribution >= 4 is 68.2 Å². The van der Waals surface area contributed by atoms with Crippen LogP contribution < -0.4 is 19.6 Å². The van der Waals surface area contributed by atoms with E-state index < -0.39 is 0 Å². The Morgan fingerprint density at radius 1 is 0.262 bits per heavy atom. The van der Waals surface area contributed by atoms with E-state index in [0.717, 1.165) is 29.2 Å². The lowest BCUT2D eigenvalue weighted by Gasteiger charge is -2.44. The maximum Gasteiger partial charge on any atom is 0.0502 e. The van der Waals surface area contributed by atoms with Crippen molar-refractivity contribution in [3.63, 3.8) is 0 Å². The molecule has 10 aromatic rings. The summed E-state index contributed by atoms with van der Waals surface area (Å²) in [6.45, 7) is 31.0. The highest BCUT2D eigenvalue weighted by molar-refractivity contribution is 5.93. The molecule has 14 rings (SSSR count). The molecule has 418 valence electrons. The van der Waals surface area contributed by atoms with Gasteiger partial charge in [0.1, 0.15) is 0 Å². The molecule has 0 N–H and O–H groups in total. The molecular weight excluding hydrogens is 1020 g/mol. The largest absolute Gasteiger partial charge is 0.310 e. The zero-order chi connectivity index (χ0) is 58.5. The summed E-state index contributed by atoms with van der Waals surface area (Å²) in [7, 11) is 0. The minimum Gasteiger partial charge on any atom is -0.310 e. The first-order valence-corrected chi connectivity index (χ1v) is 30.4. The third-order valence-electron chi connectivity index (χ3n) is 19.9. The van der Waals surface area contributed by atoms with Crippen molar-refractivity contribution in [2.45, 2.75) is 129 Å². The smallest absolute Gasteiger partial charge is 0.0502 e. The van der Waals surface area contributed by atoms with Crippen molar-refractivity contribution < 1.29 is 0 Å². The van der Waals surface area contributed by atoms with Gasteiger partial charge in [-0.15, -0.1) is 0 Å². The minimum absolute atomic E-state index is 0.0310. The van der Waals surface area contributed by atoms with Crippen molar-refractivity contribution in [3.8, 4) is 0 Å². The van der Waals surface area contributed by atoms with Crippen LogP contribution in [0, 0.1) is 0 Å². The molecule has 4 nitrogen and oxygen atoms in total. The van der Waals surface area contributed by atoms with Crippen LogP contribution in [0.2, 0.25) is 0 Å². The molecular formula is C80H78N4. The van der Waals surface area contributed by atoms with Crippen LogP contribution in [0.15, 0.2) is 224 Å². The molecule has 0 radical (unpaired) electrons. The molecule has 0 atom stereocenters. The van der Waals surface area contributed by atoms with Gasteiger partial charge in [-0.25, -0.2) is 0 Å². The molecule has 84 heavy (non-hydrogen) atoms. The first kappa shape index (κ1) is 53.4. The van der Waals surface area contributed by atoms with Gasteiger partial charge in [-0.05, 0) is 163 Å². The lowest BCUT2D eigenvalue weighted by molar-refractivity contribution is 0.517. The van der Waals surface area contributed by atoms with E-state index in [1.54, 1.807) is 0 Å². The Kier molecular flexibility index (Phi) is 11.9. The van der Waals surface area contributed by atoms with E-state index in [0.29, 0.717) is 0 Å². The highest BCUT2D eigenvalue weighted by Gasteiger charge is 2.43. The van der Waals surface area contributed by atoms with Crippen LogP contribution in [0.4, 0.5) is 68.2 Å². The minimum atomic E-state index is -0.255. The molecule has 0 amide bonds. The summed E-state index contributed by atoms with van der Waals surface area (Å²) >= 11 is 0. The van der Waals surface area contributed by atoms with Gasteiger partial charge < -0.3 is 19.6 Å². The Morgan fingerprint density at radius 2 is 0.536 bits per heavy atom. The fourth-order valence-corrected chi connectivity index (χ4v) is 15.1. The molecule has 0 spiro atoms. The zero-order valence-corrected chi connectivity index (χ0v) is 51.4. The van der Waals surface area contributed by atoms with Gasteiger partial charge in [0.15, 0.2) is 0 Å². The summed E-state index contributed by atoms with van der Waals surface area (Å²) in [5.74, 6) is 0. The van der Waals surface area contributed by atoms with Gasteiger partial charge >= 0.3 is 0 Å². The monoisotopic (exact) mass is 1090 g/mol. The van der Waals surface area contributed by atoms with Crippen molar-refractivity contribution in [3.05, 3.63) is 286 Å². The van der Waals surface area contributed by atoms with Crippen LogP contribution in [0.3, 0.4) is 0 Å². The predicted octanol–water partition coefficient (Wildman–Crippen LogP) is 21.9. The first-order valence-electron chi connectivity index (χ1n) is 30.4. The maximum absolute atomic E-state index is 2.54. The summed E-state index contributed by atoms with van der Waals surface area (Å²) in [6.07, 6.45) is 0.881. The van der Waals surface area contributed by atoms with E-state index in [-0.39, 0.29) is 32.5 Å². The van der Waals surface area contributed by atoms with Gasteiger partial charge in [-0.2, -0.15) is 0 Å². The molecule has 4 aliphatic heterocycles. The van der Waals surface area contributed by atoms with Gasteiger partial charge in [0.2, 0.25) is 0 Å². The third kappa shape index (κ3) is 8.07. The fourth-order valence-electron chi connectivity index (χ4n) is 15.1. The van der Waals surface area contributed by atoms with E-state index in [4.69, 9.17) is 0 Å². The van der Waals surface area contributed by atoms with Crippen LogP contribution in [-0.4, -0.2) is 0 Å². The molecule has 10 aromatic carbocycles. The van der Waals surface area contributed by atoms with Gasteiger partial charge in [0, 0.05) is 44.4 Å². The SMILES string of the molecule is CC(C)(C)c1ccc2c(c1)C(C)(C)c1ccccc1N2c1cccc(N2c3ccccc3C(C)(C)c3cc(C(C)(C)Cc4ccc5c(c4)C(C)(C)c4ccccc4N5c4cccc(N5c6ccccc6C(C)(C)c6ccccc65)c4)ccc32)c1. The van der Waals surface area contributed by atoms with Crippen LogP contribution in [-0.2, 0) is 38.9 Å². The quantitative estimate of drug-likeness (QED) is 0.158. The number of hydrogen-bond donors (Lipinski definition) is 0. The molecule has 0 aliphatic carbocycles. The normalized spacial score (nSPS) is 16.5. The average Bonchev–Trinajstić information content (AvgIpc) is 0.870. The Hall–Kier alpha value is -8.60. The summed E-state index contributed by atoms with van der Waals surface area (Å²) < 4.78 is 0. The van der Waals surface area contributed by atoms with Crippen LogP contribution in [0.1, 0.15) is 151 Å². The number of para-hydroxylation sites is 5. The molecule has 0 saturated carbocycles. The molecule has 0 saturated heterocycles. The number of anilines is 12. The van der Waals surface area contributed by atoms with Crippen molar-refractivity contribution in [1.29, 1.82) is 0 Å². The molecule has 4 heteroatoms. The van der Waals surface area contributed by atoms with Crippen LogP contribution in [0.5, 0.6) is 0 Å². The summed E-state index contributed by atoms with van der Waals surface area (Å²) in [6, 6.07) is 85.3. The van der Waals surface area contributed by atoms with Crippen LogP contribution in [0.25, 0.3) is 0 Å². The summed E-state index contributed by atoms with van der Waals surface area (Å²) in [4.78, 5) is 10.0. The van der Waals surface area contributed by atoms with Gasteiger partial charge in [0.05, 0.1) is 45.5 Å². The lowest BCUT2D eigenvalue weighted by atomic mass is 9.70. The van der Waals surface area contributed by atoms with Crippen molar-refractivity contribution in [2.24, 2.45) is 0 Å². The lowest BCUT2D eigenvalue weighted by Crippen LogP contribution is -2.32. The van der Waals surface area contributed by atoms with Gasteiger partial charge in [0.25, 0.3) is 0 Å². The fraction of sp³-hybridized carbons (Fsp3) is 0.250. The topological polar surface area (TPSA) is 13.0 Å². The molecule has 0 fully saturated rings. The maximum atomic E-state index is 2.54. The van der Waals surface area contributed by atoms with E-state index in [1.165, 1.54) is 107 Å². The Balaban J connectivity index is 0.826. The highest BCUT2D eigenvalue weighted by Crippen LogP contribution is 2.58. The molecule has 4 heterocycles. The standard InChI is InChI=1S/C80H78N4/c1-75(2,3)53-41-44-73-65(47-53)79(10,11)62-33-17-22-38-70(62)83(73)57-28-25-29-58(50-57)84-71-39-23-18-34-63(71)80(12,13)66-48-54(42-45-74(66)84)76(4,5)51-52-40-43-72-64(46-52)78(8,9)61-32-16-21-37-69(61)82(72)56-27-24-26-55(49-56)81-67-35-19-14-30-59(67)77(6,7)60-31-15-20-36-68(60)81/h14-50H,51H2,1-13H3. The number of rotatable bonds is 7. The molecule has 4 aliphatic rings. The summed E-state index contributed by atoms with van der Waals surface area (Å²) in [5, 5.41) is 0. The predicted molar refractivity (Wildman–Crippen MR) is 356 cm³/mol. The van der Waals surface area contributed by atoms with Gasteiger partial charge in [-0.3, -0.25) is 0 Å². The van der Waals surface area contributed by atoms with E-state index in [9.17, 15) is 0 Å². The second kappa shape index (κ2) is 18.7. The highest BCUT2D eigenvalue weighted by atomic mass is 15.2. The number of fused-ring (bicyclic) bond motifs is 8. The second-order valence-electron chi connectivity index (χ2n) is 28.1. The Bertz CT molecular complexity index is 4240. The van der Waals surface area contributed by atoms with E-state index in [2.05, 4.69) is 334 Å². The zero-order valence-electron chi connectivity index (χ0n) is 51.4. The average molecular weight is 1100 g/mol. The number of benzene rings is 10. The first-order chi connectivity index (χ1) is 40.1. The number of nitrogens with zero attached hydrogens (tertiary/aromatic N) is 4. The van der Waals surface area contributed by atoms with Crippen molar-refractivity contribution in [1.82, 2.24) is 0 Å². The third-order valence-corrected chi connectivity index (χ3v) is 19.9. The molecule has 0 unspecified atom stereocenters. The van der Waals surface area contributed by atoms with E-state index >= 15 is 0 Å². The molecule has 0 bridgehead atoms. The van der Waals surface area contributed by atoms with Crippen LogP contribution >= 0.6 is 0 Å².